The zero-order chi connectivity index (χ0) is 14.6. The van der Waals surface area contributed by atoms with Crippen molar-refractivity contribution >= 4 is 17.6 Å². The summed E-state index contributed by atoms with van der Waals surface area (Å²) in [5.74, 6) is -1.36. The summed E-state index contributed by atoms with van der Waals surface area (Å²) in [6, 6.07) is 5.35. The van der Waals surface area contributed by atoms with Crippen LogP contribution in [0.3, 0.4) is 0 Å². The van der Waals surface area contributed by atoms with Crippen molar-refractivity contribution in [1.29, 1.82) is 0 Å². The number of esters is 1. The Kier molecular flexibility index (Phi) is 4.52. The highest BCUT2D eigenvalue weighted by molar-refractivity contribution is 5.92. The summed E-state index contributed by atoms with van der Waals surface area (Å²) in [6.07, 6.45) is -6.76. The van der Waals surface area contributed by atoms with E-state index in [0.717, 1.165) is 6.92 Å². The Hall–Kier alpha value is -2.05. The number of hydrogen-bond donors (Lipinski definition) is 1. The summed E-state index contributed by atoms with van der Waals surface area (Å²) in [7, 11) is 0. The summed E-state index contributed by atoms with van der Waals surface area (Å²) < 4.78 is 40.9. The van der Waals surface area contributed by atoms with E-state index in [9.17, 15) is 22.8 Å². The van der Waals surface area contributed by atoms with Gasteiger partial charge >= 0.3 is 12.1 Å². The number of benzene rings is 1. The number of rotatable bonds is 3. The molecule has 1 N–H and O–H groups in total. The summed E-state index contributed by atoms with van der Waals surface area (Å²) in [5.41, 5.74) is 0.415. The van der Waals surface area contributed by atoms with Gasteiger partial charge in [-0.3, -0.25) is 4.79 Å². The first kappa shape index (κ1) is 15.0. The molecule has 0 radical (unpaired) electrons. The molecule has 1 unspecified atom stereocenters. The van der Waals surface area contributed by atoms with Gasteiger partial charge in [-0.15, -0.1) is 0 Å². The van der Waals surface area contributed by atoms with Gasteiger partial charge in [0, 0.05) is 12.6 Å². The molecular weight excluding hydrogens is 263 g/mol. The molecule has 0 heterocycles. The molecule has 7 heteroatoms. The lowest BCUT2D eigenvalue weighted by atomic mass is 10.2. The van der Waals surface area contributed by atoms with Crippen LogP contribution in [0, 0.1) is 0 Å². The van der Waals surface area contributed by atoms with E-state index in [0.29, 0.717) is 5.69 Å². The average Bonchev–Trinajstić information content (AvgIpc) is 2.27. The second-order valence-electron chi connectivity index (χ2n) is 3.85. The van der Waals surface area contributed by atoms with E-state index in [-0.39, 0.29) is 11.5 Å². The van der Waals surface area contributed by atoms with Crippen molar-refractivity contribution < 1.29 is 27.5 Å². The predicted molar refractivity (Wildman–Crippen MR) is 61.7 cm³/mol. The topological polar surface area (TPSA) is 55.4 Å². The van der Waals surface area contributed by atoms with Crippen LogP contribution in [0.1, 0.15) is 24.2 Å². The molecule has 4 nitrogen and oxygen atoms in total. The lowest BCUT2D eigenvalue weighted by molar-refractivity contribution is -0.198. The zero-order valence-corrected chi connectivity index (χ0v) is 10.2. The molecule has 0 aliphatic heterocycles. The molecule has 0 aliphatic carbocycles. The van der Waals surface area contributed by atoms with Gasteiger partial charge in [0.1, 0.15) is 0 Å². The monoisotopic (exact) mass is 275 g/mol. The summed E-state index contributed by atoms with van der Waals surface area (Å²) in [5, 5.41) is 2.46. The maximum Gasteiger partial charge on any atom is 0.425 e. The number of carbonyl (C=O) groups excluding carboxylic acids is 2. The molecule has 0 aromatic heterocycles. The van der Waals surface area contributed by atoms with E-state index in [1.807, 2.05) is 0 Å². The van der Waals surface area contributed by atoms with Crippen LogP contribution in [0.5, 0.6) is 0 Å². The number of anilines is 1. The standard InChI is InChI=1S/C12H12F3NO3/c1-7(12(13,14)15)19-11(18)9-3-5-10(6-4-9)16-8(2)17/h3-7H,1-2H3,(H,16,17). The van der Waals surface area contributed by atoms with Gasteiger partial charge in [-0.1, -0.05) is 0 Å². The first-order valence-electron chi connectivity index (χ1n) is 5.35. The molecular formula is C12H12F3NO3. The van der Waals surface area contributed by atoms with Crippen LogP contribution < -0.4 is 5.32 Å². The SMILES string of the molecule is CC(=O)Nc1ccc(C(=O)OC(C)C(F)(F)F)cc1. The average molecular weight is 275 g/mol. The van der Waals surface area contributed by atoms with Crippen molar-refractivity contribution in [2.45, 2.75) is 26.1 Å². The third-order valence-corrected chi connectivity index (χ3v) is 2.19. The highest BCUT2D eigenvalue weighted by Crippen LogP contribution is 2.23. The fraction of sp³-hybridized carbons (Fsp3) is 0.333. The number of amides is 1. The fourth-order valence-corrected chi connectivity index (χ4v) is 1.19. The minimum atomic E-state index is -4.59. The number of hydrogen-bond acceptors (Lipinski definition) is 3. The summed E-state index contributed by atoms with van der Waals surface area (Å²) in [4.78, 5) is 22.2. The molecule has 0 fully saturated rings. The van der Waals surface area contributed by atoms with Gasteiger partial charge < -0.3 is 10.1 Å². The highest BCUT2D eigenvalue weighted by atomic mass is 19.4. The first-order valence-corrected chi connectivity index (χ1v) is 5.35. The van der Waals surface area contributed by atoms with E-state index < -0.39 is 18.2 Å². The Morgan fingerprint density at radius 2 is 1.74 bits per heavy atom. The van der Waals surface area contributed by atoms with Crippen molar-refractivity contribution in [3.8, 4) is 0 Å². The van der Waals surface area contributed by atoms with E-state index in [4.69, 9.17) is 0 Å². The highest BCUT2D eigenvalue weighted by Gasteiger charge is 2.39. The minimum Gasteiger partial charge on any atom is -0.449 e. The second kappa shape index (κ2) is 5.73. The zero-order valence-electron chi connectivity index (χ0n) is 10.2. The quantitative estimate of drug-likeness (QED) is 0.863. The van der Waals surface area contributed by atoms with Gasteiger partial charge in [0.05, 0.1) is 5.56 Å². The van der Waals surface area contributed by atoms with Gasteiger partial charge in [0.25, 0.3) is 0 Å². The molecule has 0 saturated carbocycles. The molecule has 0 spiro atoms. The Balaban J connectivity index is 2.71. The number of ether oxygens (including phenoxy) is 1. The van der Waals surface area contributed by atoms with Crippen LogP contribution in [-0.4, -0.2) is 24.2 Å². The molecule has 1 aromatic carbocycles. The Labute approximate surface area is 107 Å². The van der Waals surface area contributed by atoms with Crippen LogP contribution in [-0.2, 0) is 9.53 Å². The van der Waals surface area contributed by atoms with Gasteiger partial charge in [0.15, 0.2) is 6.10 Å². The molecule has 104 valence electrons. The van der Waals surface area contributed by atoms with E-state index in [1.165, 1.54) is 31.2 Å². The molecule has 0 bridgehead atoms. The summed E-state index contributed by atoms with van der Waals surface area (Å²) >= 11 is 0. The van der Waals surface area contributed by atoms with E-state index in [2.05, 4.69) is 10.1 Å². The Morgan fingerprint density at radius 1 is 1.21 bits per heavy atom. The Bertz CT molecular complexity index is 468. The molecule has 19 heavy (non-hydrogen) atoms. The smallest absolute Gasteiger partial charge is 0.425 e. The molecule has 1 rings (SSSR count). The number of carbonyl (C=O) groups is 2. The molecule has 1 amide bonds. The molecule has 1 aromatic rings. The van der Waals surface area contributed by atoms with Crippen LogP contribution in [0.25, 0.3) is 0 Å². The first-order chi connectivity index (χ1) is 8.70. The van der Waals surface area contributed by atoms with Crippen LogP contribution in [0.15, 0.2) is 24.3 Å². The molecule has 0 saturated heterocycles. The second-order valence-corrected chi connectivity index (χ2v) is 3.85. The largest absolute Gasteiger partial charge is 0.449 e. The van der Waals surface area contributed by atoms with Crippen LogP contribution >= 0.6 is 0 Å². The minimum absolute atomic E-state index is 0.0230. The lowest BCUT2D eigenvalue weighted by Crippen LogP contribution is -2.30. The lowest BCUT2D eigenvalue weighted by Gasteiger charge is -2.16. The van der Waals surface area contributed by atoms with Crippen molar-refractivity contribution in [3.05, 3.63) is 29.8 Å². The predicted octanol–water partition coefficient (Wildman–Crippen LogP) is 2.75. The van der Waals surface area contributed by atoms with Gasteiger partial charge in [-0.05, 0) is 31.2 Å². The van der Waals surface area contributed by atoms with Gasteiger partial charge in [0.2, 0.25) is 5.91 Å². The third-order valence-electron chi connectivity index (χ3n) is 2.19. The Morgan fingerprint density at radius 3 is 2.16 bits per heavy atom. The fourth-order valence-electron chi connectivity index (χ4n) is 1.19. The van der Waals surface area contributed by atoms with Crippen molar-refractivity contribution in [2.75, 3.05) is 5.32 Å². The number of halogens is 3. The number of nitrogens with one attached hydrogen (secondary N) is 1. The van der Waals surface area contributed by atoms with Crippen molar-refractivity contribution in [1.82, 2.24) is 0 Å². The summed E-state index contributed by atoms with van der Waals surface area (Å²) in [6.45, 7) is 2.07. The van der Waals surface area contributed by atoms with Crippen LogP contribution in [0.4, 0.5) is 18.9 Å². The van der Waals surface area contributed by atoms with Gasteiger partial charge in [-0.2, -0.15) is 13.2 Å². The maximum atomic E-state index is 12.2. The third kappa shape index (κ3) is 4.61. The van der Waals surface area contributed by atoms with Crippen molar-refractivity contribution in [3.63, 3.8) is 0 Å². The molecule has 0 aliphatic rings. The van der Waals surface area contributed by atoms with E-state index >= 15 is 0 Å². The normalized spacial score (nSPS) is 12.7. The van der Waals surface area contributed by atoms with Crippen LogP contribution in [0.2, 0.25) is 0 Å². The maximum absolute atomic E-state index is 12.2. The van der Waals surface area contributed by atoms with Crippen molar-refractivity contribution in [2.24, 2.45) is 0 Å². The van der Waals surface area contributed by atoms with Gasteiger partial charge in [-0.25, -0.2) is 4.79 Å². The molecule has 1 atom stereocenters. The number of alkyl halides is 3. The van der Waals surface area contributed by atoms with E-state index in [1.54, 1.807) is 0 Å².